The minimum absolute atomic E-state index is 0.0469. The van der Waals surface area contributed by atoms with Crippen molar-refractivity contribution in [2.75, 3.05) is 6.54 Å². The van der Waals surface area contributed by atoms with Gasteiger partial charge in [0.25, 0.3) is 0 Å². The summed E-state index contributed by atoms with van der Waals surface area (Å²) < 4.78 is 0. The Morgan fingerprint density at radius 3 is 2.33 bits per heavy atom. The molecule has 3 N–H and O–H groups in total. The molecule has 0 aromatic heterocycles. The number of carbonyl (C=O) groups is 1. The molecule has 0 radical (unpaired) electrons. The van der Waals surface area contributed by atoms with E-state index in [1.165, 1.54) is 32.1 Å². The molecule has 15 heavy (non-hydrogen) atoms. The molecule has 0 spiro atoms. The summed E-state index contributed by atoms with van der Waals surface area (Å²) >= 11 is 0. The molecule has 0 aromatic carbocycles. The molecule has 1 aliphatic rings. The van der Waals surface area contributed by atoms with Gasteiger partial charge in [-0.25, -0.2) is 0 Å². The summed E-state index contributed by atoms with van der Waals surface area (Å²) in [4.78, 5) is 11.6. The van der Waals surface area contributed by atoms with Crippen molar-refractivity contribution in [3.63, 3.8) is 0 Å². The first-order valence-corrected chi connectivity index (χ1v) is 5.91. The molecule has 0 bridgehead atoms. The van der Waals surface area contributed by atoms with Crippen molar-refractivity contribution < 1.29 is 4.79 Å². The first-order valence-electron chi connectivity index (χ1n) is 5.91. The van der Waals surface area contributed by atoms with Crippen molar-refractivity contribution in [1.29, 1.82) is 0 Å². The minimum atomic E-state index is -0.759. The molecule has 0 heterocycles. The Hall–Kier alpha value is -0.570. The van der Waals surface area contributed by atoms with E-state index in [-0.39, 0.29) is 5.91 Å². The smallest absolute Gasteiger partial charge is 0.239 e. The number of hydrogen-bond acceptors (Lipinski definition) is 2. The molecule has 0 aromatic rings. The van der Waals surface area contributed by atoms with E-state index in [0.717, 1.165) is 6.54 Å². The molecule has 3 heteroatoms. The van der Waals surface area contributed by atoms with Gasteiger partial charge in [0.15, 0.2) is 0 Å². The lowest BCUT2D eigenvalue weighted by Crippen LogP contribution is -2.51. The van der Waals surface area contributed by atoms with Crippen LogP contribution in [0.4, 0.5) is 0 Å². The number of rotatable bonds is 3. The fourth-order valence-corrected chi connectivity index (χ4v) is 2.10. The molecule has 1 fully saturated rings. The van der Waals surface area contributed by atoms with Crippen LogP contribution in [0.25, 0.3) is 0 Å². The monoisotopic (exact) mass is 212 g/mol. The summed E-state index contributed by atoms with van der Waals surface area (Å²) in [6.07, 6.45) is 6.36. The number of carbonyl (C=O) groups excluding carboxylic acids is 1. The molecule has 0 atom stereocenters. The molecule has 3 nitrogen and oxygen atoms in total. The van der Waals surface area contributed by atoms with Crippen LogP contribution in [0.5, 0.6) is 0 Å². The van der Waals surface area contributed by atoms with E-state index < -0.39 is 5.54 Å². The van der Waals surface area contributed by atoms with E-state index in [4.69, 9.17) is 5.73 Å². The first-order chi connectivity index (χ1) is 6.83. The quantitative estimate of drug-likeness (QED) is 0.749. The van der Waals surface area contributed by atoms with Crippen LogP contribution in [0.3, 0.4) is 0 Å². The van der Waals surface area contributed by atoms with Crippen LogP contribution < -0.4 is 11.1 Å². The second-order valence-corrected chi connectivity index (χ2v) is 5.78. The highest BCUT2D eigenvalue weighted by Crippen LogP contribution is 2.34. The second-order valence-electron chi connectivity index (χ2n) is 5.78. The zero-order valence-corrected chi connectivity index (χ0v) is 10.2. The first kappa shape index (κ1) is 12.5. The molecule has 1 saturated carbocycles. The Labute approximate surface area is 92.8 Å². The van der Waals surface area contributed by atoms with Gasteiger partial charge in [0.05, 0.1) is 5.54 Å². The number of amides is 1. The summed E-state index contributed by atoms with van der Waals surface area (Å²) in [6, 6.07) is 0. The third kappa shape index (κ3) is 3.82. The lowest BCUT2D eigenvalue weighted by atomic mass is 9.75. The summed E-state index contributed by atoms with van der Waals surface area (Å²) in [6.45, 7) is 6.51. The van der Waals surface area contributed by atoms with E-state index in [0.29, 0.717) is 5.41 Å². The van der Waals surface area contributed by atoms with Crippen LogP contribution in [0.2, 0.25) is 0 Å². The maximum absolute atomic E-state index is 11.6. The van der Waals surface area contributed by atoms with Crippen molar-refractivity contribution in [2.24, 2.45) is 11.1 Å². The summed E-state index contributed by atoms with van der Waals surface area (Å²) in [7, 11) is 0. The van der Waals surface area contributed by atoms with Crippen molar-refractivity contribution in [2.45, 2.75) is 58.4 Å². The fourth-order valence-electron chi connectivity index (χ4n) is 2.10. The minimum Gasteiger partial charge on any atom is -0.354 e. The van der Waals surface area contributed by atoms with Crippen LogP contribution in [0, 0.1) is 5.41 Å². The molecule has 0 saturated heterocycles. The molecule has 1 amide bonds. The standard InChI is InChI=1S/C12H24N2O/c1-11(2,13)10(15)14-9-12(3)7-5-4-6-8-12/h4-9,13H2,1-3H3,(H,14,15). The largest absolute Gasteiger partial charge is 0.354 e. The highest BCUT2D eigenvalue weighted by molar-refractivity contribution is 5.85. The Bertz CT molecular complexity index is 224. The Balaban J connectivity index is 2.38. The van der Waals surface area contributed by atoms with Crippen LogP contribution in [-0.4, -0.2) is 18.0 Å². The SMILES string of the molecule is CC1(CNC(=O)C(C)(C)N)CCCCC1. The van der Waals surface area contributed by atoms with Crippen molar-refractivity contribution in [3.8, 4) is 0 Å². The third-order valence-electron chi connectivity index (χ3n) is 3.32. The average molecular weight is 212 g/mol. The Kier molecular flexibility index (Phi) is 3.77. The number of nitrogens with two attached hydrogens (primary N) is 1. The van der Waals surface area contributed by atoms with E-state index in [1.54, 1.807) is 13.8 Å². The summed E-state index contributed by atoms with van der Waals surface area (Å²) in [5.41, 5.74) is 5.26. The van der Waals surface area contributed by atoms with Gasteiger partial charge in [0, 0.05) is 6.54 Å². The maximum Gasteiger partial charge on any atom is 0.239 e. The lowest BCUT2D eigenvalue weighted by molar-refractivity contribution is -0.125. The van der Waals surface area contributed by atoms with Crippen LogP contribution in [-0.2, 0) is 4.79 Å². The van der Waals surface area contributed by atoms with Crippen molar-refractivity contribution in [3.05, 3.63) is 0 Å². The topological polar surface area (TPSA) is 55.1 Å². The van der Waals surface area contributed by atoms with Crippen LogP contribution in [0.15, 0.2) is 0 Å². The molecule has 1 rings (SSSR count). The Morgan fingerprint density at radius 1 is 1.33 bits per heavy atom. The Morgan fingerprint density at radius 2 is 1.87 bits per heavy atom. The van der Waals surface area contributed by atoms with E-state index >= 15 is 0 Å². The van der Waals surface area contributed by atoms with Crippen molar-refractivity contribution in [1.82, 2.24) is 5.32 Å². The van der Waals surface area contributed by atoms with Gasteiger partial charge < -0.3 is 11.1 Å². The lowest BCUT2D eigenvalue weighted by Gasteiger charge is -2.34. The van der Waals surface area contributed by atoms with Crippen molar-refractivity contribution >= 4 is 5.91 Å². The van der Waals surface area contributed by atoms with Crippen LogP contribution >= 0.6 is 0 Å². The number of nitrogens with one attached hydrogen (secondary N) is 1. The van der Waals surface area contributed by atoms with Crippen LogP contribution in [0.1, 0.15) is 52.9 Å². The zero-order chi connectivity index (χ0) is 11.5. The fraction of sp³-hybridized carbons (Fsp3) is 0.917. The predicted molar refractivity (Wildman–Crippen MR) is 62.5 cm³/mol. The van der Waals surface area contributed by atoms with Gasteiger partial charge in [-0.1, -0.05) is 26.2 Å². The predicted octanol–water partition coefficient (Wildman–Crippen LogP) is 1.81. The highest BCUT2D eigenvalue weighted by Gasteiger charge is 2.29. The van der Waals surface area contributed by atoms with E-state index in [1.807, 2.05) is 0 Å². The number of hydrogen-bond donors (Lipinski definition) is 2. The molecule has 0 aliphatic heterocycles. The highest BCUT2D eigenvalue weighted by atomic mass is 16.2. The normalized spacial score (nSPS) is 21.1. The zero-order valence-electron chi connectivity index (χ0n) is 10.2. The molecule has 0 unspecified atom stereocenters. The van der Waals surface area contributed by atoms with Gasteiger partial charge in [0.1, 0.15) is 0 Å². The molecular formula is C12H24N2O. The van der Waals surface area contributed by atoms with E-state index in [9.17, 15) is 4.79 Å². The van der Waals surface area contributed by atoms with Gasteiger partial charge in [-0.2, -0.15) is 0 Å². The summed E-state index contributed by atoms with van der Waals surface area (Å²) in [5.74, 6) is -0.0469. The van der Waals surface area contributed by atoms with Gasteiger partial charge in [-0.05, 0) is 32.1 Å². The van der Waals surface area contributed by atoms with Gasteiger partial charge in [-0.3, -0.25) is 4.79 Å². The van der Waals surface area contributed by atoms with Gasteiger partial charge >= 0.3 is 0 Å². The van der Waals surface area contributed by atoms with E-state index in [2.05, 4.69) is 12.2 Å². The van der Waals surface area contributed by atoms with Gasteiger partial charge in [-0.15, -0.1) is 0 Å². The molecular weight excluding hydrogens is 188 g/mol. The summed E-state index contributed by atoms with van der Waals surface area (Å²) in [5, 5.41) is 2.97. The maximum atomic E-state index is 11.6. The van der Waals surface area contributed by atoms with Gasteiger partial charge in [0.2, 0.25) is 5.91 Å². The molecule has 88 valence electrons. The average Bonchev–Trinajstić information content (AvgIpc) is 2.14. The molecule has 1 aliphatic carbocycles. The second kappa shape index (κ2) is 4.52. The third-order valence-corrected chi connectivity index (χ3v) is 3.32.